The first-order valence-electron chi connectivity index (χ1n) is 7.63. The molecular weight excluding hydrogens is 426 g/mol. The molecule has 0 bridgehead atoms. The maximum Gasteiger partial charge on any atom is 0.345 e. The number of aromatic nitrogens is 2. The maximum absolute atomic E-state index is 11.4. The van der Waals surface area contributed by atoms with Gasteiger partial charge in [-0.15, -0.1) is 0 Å². The van der Waals surface area contributed by atoms with E-state index in [2.05, 4.69) is 41.5 Å². The van der Waals surface area contributed by atoms with Crippen LogP contribution in [0.15, 0.2) is 27.8 Å². The summed E-state index contributed by atoms with van der Waals surface area (Å²) in [5.74, 6) is -3.29. The van der Waals surface area contributed by atoms with Gasteiger partial charge >= 0.3 is 11.9 Å². The number of carbonyl (C=O) groups is 2. The van der Waals surface area contributed by atoms with Gasteiger partial charge in [0.15, 0.2) is 12.1 Å². The molecule has 11 nitrogen and oxygen atoms in total. The second-order valence-corrected chi connectivity index (χ2v) is 6.44. The molecule has 3 rings (SSSR count). The number of anilines is 1. The summed E-state index contributed by atoms with van der Waals surface area (Å²) in [4.78, 5) is 34.7. The van der Waals surface area contributed by atoms with Crippen molar-refractivity contribution >= 4 is 50.5 Å². The van der Waals surface area contributed by atoms with E-state index in [4.69, 9.17) is 5.11 Å². The molecule has 27 heavy (non-hydrogen) atoms. The monoisotopic (exact) mass is 439 g/mol. The Bertz CT molecular complexity index is 967. The van der Waals surface area contributed by atoms with Crippen LogP contribution in [-0.2, 0) is 15.2 Å². The molecule has 142 valence electrons. The van der Waals surface area contributed by atoms with Gasteiger partial charge in [-0.3, -0.25) is 9.98 Å². The van der Waals surface area contributed by atoms with E-state index in [9.17, 15) is 24.9 Å². The molecule has 0 saturated carbocycles. The van der Waals surface area contributed by atoms with Gasteiger partial charge in [0.1, 0.15) is 11.2 Å². The number of aliphatic hydroxyl groups is 2. The van der Waals surface area contributed by atoms with Gasteiger partial charge in [-0.1, -0.05) is 0 Å². The molecule has 0 radical (unpaired) electrons. The van der Waals surface area contributed by atoms with Crippen molar-refractivity contribution in [3.8, 4) is 0 Å². The fraction of sp³-hybridized carbons (Fsp3) is 0.267. The van der Waals surface area contributed by atoms with Crippen molar-refractivity contribution in [2.45, 2.75) is 11.7 Å². The van der Waals surface area contributed by atoms with E-state index in [1.807, 2.05) is 0 Å². The SMILES string of the molecule is O=C(O)[C@H](O)[C@@](O)(C(=O)O)c1cnc2c(Br)c(NC3=NCCN3)ccc2n1. The van der Waals surface area contributed by atoms with Gasteiger partial charge < -0.3 is 31.1 Å². The molecule has 1 aliphatic heterocycles. The highest BCUT2D eigenvalue weighted by Crippen LogP contribution is 2.32. The second kappa shape index (κ2) is 7.06. The number of halogens is 1. The van der Waals surface area contributed by atoms with E-state index < -0.39 is 29.3 Å². The number of guanidine groups is 1. The fourth-order valence-electron chi connectivity index (χ4n) is 2.49. The van der Waals surface area contributed by atoms with Crippen LogP contribution in [-0.4, -0.2) is 67.5 Å². The van der Waals surface area contributed by atoms with Crippen LogP contribution in [0, 0.1) is 0 Å². The number of carboxylic acid groups (broad SMARTS) is 2. The highest BCUT2D eigenvalue weighted by atomic mass is 79.9. The van der Waals surface area contributed by atoms with Crippen molar-refractivity contribution in [1.29, 1.82) is 0 Å². The van der Waals surface area contributed by atoms with Gasteiger partial charge in [-0.25, -0.2) is 14.6 Å². The standard InChI is InChI=1S/C15H14BrN5O6/c16-9-6(21-14-17-3-4-18-14)1-2-7-10(9)19-5-8(20-7)15(27,13(25)26)11(22)12(23)24/h1-2,5,11,22,27H,3-4H2,(H,23,24)(H,25,26)(H2,17,18,21)/t11-,15+/m0/s1. The molecule has 6 N–H and O–H groups in total. The molecule has 2 aromatic rings. The highest BCUT2D eigenvalue weighted by Gasteiger charge is 2.51. The summed E-state index contributed by atoms with van der Waals surface area (Å²) in [5.41, 5.74) is -2.62. The number of aliphatic hydroxyl groups excluding tert-OH is 1. The first-order chi connectivity index (χ1) is 12.7. The van der Waals surface area contributed by atoms with Crippen molar-refractivity contribution in [1.82, 2.24) is 15.3 Å². The fourth-order valence-corrected chi connectivity index (χ4v) is 3.02. The number of benzene rings is 1. The number of fused-ring (bicyclic) bond motifs is 1. The van der Waals surface area contributed by atoms with E-state index >= 15 is 0 Å². The average molecular weight is 440 g/mol. The summed E-state index contributed by atoms with van der Waals surface area (Å²) < 4.78 is 0.507. The summed E-state index contributed by atoms with van der Waals surface area (Å²) in [6, 6.07) is 3.13. The molecule has 0 spiro atoms. The molecule has 1 aliphatic rings. The van der Waals surface area contributed by atoms with E-state index in [0.29, 0.717) is 28.2 Å². The largest absolute Gasteiger partial charge is 0.479 e. The molecule has 0 aliphatic carbocycles. The Hall–Kier alpha value is -2.83. The topological polar surface area (TPSA) is 177 Å². The van der Waals surface area contributed by atoms with Crippen molar-refractivity contribution in [3.05, 3.63) is 28.5 Å². The van der Waals surface area contributed by atoms with Crippen molar-refractivity contribution in [3.63, 3.8) is 0 Å². The van der Waals surface area contributed by atoms with Crippen LogP contribution < -0.4 is 10.6 Å². The van der Waals surface area contributed by atoms with Crippen molar-refractivity contribution in [2.24, 2.45) is 4.99 Å². The van der Waals surface area contributed by atoms with Gasteiger partial charge in [0, 0.05) is 6.54 Å². The van der Waals surface area contributed by atoms with E-state index in [1.54, 1.807) is 6.07 Å². The Morgan fingerprint density at radius 3 is 2.67 bits per heavy atom. The Morgan fingerprint density at radius 2 is 2.07 bits per heavy atom. The van der Waals surface area contributed by atoms with Gasteiger partial charge in [-0.05, 0) is 28.1 Å². The van der Waals surface area contributed by atoms with Gasteiger partial charge in [0.05, 0.1) is 28.4 Å². The summed E-state index contributed by atoms with van der Waals surface area (Å²) in [5, 5.41) is 44.2. The first-order valence-corrected chi connectivity index (χ1v) is 8.42. The number of carboxylic acids is 2. The number of aliphatic imine (C=N–C) groups is 1. The van der Waals surface area contributed by atoms with Gasteiger partial charge in [-0.2, -0.15) is 0 Å². The predicted octanol–water partition coefficient (Wildman–Crippen LogP) is -0.519. The molecular formula is C15H14BrN5O6. The molecule has 0 fully saturated rings. The van der Waals surface area contributed by atoms with Crippen LogP contribution in [0.25, 0.3) is 11.0 Å². The van der Waals surface area contributed by atoms with Crippen molar-refractivity contribution in [2.75, 3.05) is 18.4 Å². The molecule has 0 saturated heterocycles. The number of hydrogen-bond acceptors (Lipinski definition) is 9. The van der Waals surface area contributed by atoms with E-state index in [-0.39, 0.29) is 5.52 Å². The maximum atomic E-state index is 11.4. The number of aliphatic carboxylic acids is 2. The average Bonchev–Trinajstić information content (AvgIpc) is 3.15. The van der Waals surface area contributed by atoms with Crippen LogP contribution in [0.2, 0.25) is 0 Å². The zero-order valence-electron chi connectivity index (χ0n) is 13.5. The number of hydrogen-bond donors (Lipinski definition) is 6. The molecule has 0 unspecified atom stereocenters. The first kappa shape index (κ1) is 18.9. The Kier molecular flexibility index (Phi) is 4.95. The van der Waals surface area contributed by atoms with Gasteiger partial charge in [0.2, 0.25) is 5.60 Å². The third-order valence-electron chi connectivity index (χ3n) is 3.93. The lowest BCUT2D eigenvalue weighted by Crippen LogP contribution is -2.51. The second-order valence-electron chi connectivity index (χ2n) is 5.64. The summed E-state index contributed by atoms with van der Waals surface area (Å²) >= 11 is 3.38. The Morgan fingerprint density at radius 1 is 1.33 bits per heavy atom. The predicted molar refractivity (Wildman–Crippen MR) is 96.3 cm³/mol. The molecule has 1 aromatic heterocycles. The quantitative estimate of drug-likeness (QED) is 0.355. The van der Waals surface area contributed by atoms with Crippen molar-refractivity contribution < 1.29 is 30.0 Å². The van der Waals surface area contributed by atoms with Crippen LogP contribution in [0.1, 0.15) is 5.69 Å². The smallest absolute Gasteiger partial charge is 0.345 e. The van der Waals surface area contributed by atoms with Crippen LogP contribution >= 0.6 is 15.9 Å². The number of nitrogens with zero attached hydrogens (tertiary/aromatic N) is 3. The highest BCUT2D eigenvalue weighted by molar-refractivity contribution is 9.10. The molecule has 1 aromatic carbocycles. The zero-order chi connectivity index (χ0) is 19.8. The minimum absolute atomic E-state index is 0.184. The third kappa shape index (κ3) is 3.29. The van der Waals surface area contributed by atoms with Gasteiger partial charge in [0.25, 0.3) is 0 Å². The molecule has 0 amide bonds. The minimum Gasteiger partial charge on any atom is -0.479 e. The van der Waals surface area contributed by atoms with E-state index in [1.165, 1.54) is 6.07 Å². The summed E-state index contributed by atoms with van der Waals surface area (Å²) in [7, 11) is 0. The third-order valence-corrected chi connectivity index (χ3v) is 4.73. The Labute approximate surface area is 159 Å². The number of rotatable bonds is 5. The number of nitrogens with one attached hydrogen (secondary N) is 2. The zero-order valence-corrected chi connectivity index (χ0v) is 15.1. The summed E-state index contributed by atoms with van der Waals surface area (Å²) in [6.07, 6.45) is -1.72. The lowest BCUT2D eigenvalue weighted by atomic mass is 9.93. The lowest BCUT2D eigenvalue weighted by molar-refractivity contribution is -0.185. The molecule has 2 atom stereocenters. The normalized spacial score (nSPS) is 16.9. The Balaban J connectivity index is 2.05. The summed E-state index contributed by atoms with van der Waals surface area (Å²) in [6.45, 7) is 1.37. The molecule has 12 heteroatoms. The van der Waals surface area contributed by atoms with E-state index in [0.717, 1.165) is 12.7 Å². The molecule has 2 heterocycles. The van der Waals surface area contributed by atoms with Crippen LogP contribution in [0.5, 0.6) is 0 Å². The lowest BCUT2D eigenvalue weighted by Gasteiger charge is -2.25. The van der Waals surface area contributed by atoms with Crippen LogP contribution in [0.4, 0.5) is 5.69 Å². The minimum atomic E-state index is -3.15. The van der Waals surface area contributed by atoms with Crippen LogP contribution in [0.3, 0.4) is 0 Å².